The van der Waals surface area contributed by atoms with Gasteiger partial charge in [0, 0.05) is 11.0 Å². The van der Waals surface area contributed by atoms with E-state index in [9.17, 15) is 4.57 Å². The number of hydrogen-bond acceptors (Lipinski definition) is 5. The summed E-state index contributed by atoms with van der Waals surface area (Å²) in [4.78, 5) is 0. The van der Waals surface area contributed by atoms with Gasteiger partial charge in [0.05, 0.1) is 13.2 Å². The van der Waals surface area contributed by atoms with Gasteiger partial charge in [0.25, 0.3) is 0 Å². The summed E-state index contributed by atoms with van der Waals surface area (Å²) in [6.07, 6.45) is 0. The van der Waals surface area contributed by atoms with E-state index in [-0.39, 0.29) is 0 Å². The van der Waals surface area contributed by atoms with Crippen molar-refractivity contribution in [3.05, 3.63) is 0 Å². The molecule has 0 fully saturated rings. The third-order valence-corrected chi connectivity index (χ3v) is 6.92. The lowest BCUT2D eigenvalue weighted by molar-refractivity contribution is 0.237. The van der Waals surface area contributed by atoms with E-state index in [0.29, 0.717) is 18.5 Å². The molecule has 0 spiro atoms. The van der Waals surface area contributed by atoms with Crippen LogP contribution in [-0.2, 0) is 13.6 Å². The van der Waals surface area contributed by atoms with Crippen molar-refractivity contribution in [3.63, 3.8) is 0 Å². The molecular formula is C9H21O3PS2. The Morgan fingerprint density at radius 2 is 1.73 bits per heavy atom. The largest absolute Gasteiger partial charge is 0.389 e. The van der Waals surface area contributed by atoms with E-state index in [1.54, 1.807) is 0 Å². The lowest BCUT2D eigenvalue weighted by Gasteiger charge is -2.17. The van der Waals surface area contributed by atoms with Gasteiger partial charge in [-0.1, -0.05) is 13.8 Å². The Morgan fingerprint density at radius 1 is 1.20 bits per heavy atom. The molecule has 0 aliphatic carbocycles. The first-order valence-electron chi connectivity index (χ1n) is 5.23. The third kappa shape index (κ3) is 7.70. The highest BCUT2D eigenvalue weighted by molar-refractivity contribution is 8.55. The zero-order chi connectivity index (χ0) is 11.7. The molecule has 92 valence electrons. The normalized spacial score (nSPS) is 14.1. The average Bonchev–Trinajstić information content (AvgIpc) is 2.16. The zero-order valence-corrected chi connectivity index (χ0v) is 12.4. The van der Waals surface area contributed by atoms with Crippen LogP contribution in [0.15, 0.2) is 0 Å². The molecule has 0 bridgehead atoms. The quantitative estimate of drug-likeness (QED) is 0.592. The molecule has 0 aliphatic heterocycles. The molecule has 0 aromatic rings. The third-order valence-electron chi connectivity index (χ3n) is 1.49. The number of rotatable bonds is 9. The summed E-state index contributed by atoms with van der Waals surface area (Å²) in [5, 5.41) is 0.481. The Bertz CT molecular complexity index is 192. The molecule has 0 rings (SSSR count). The van der Waals surface area contributed by atoms with E-state index in [1.807, 2.05) is 25.6 Å². The molecule has 15 heavy (non-hydrogen) atoms. The van der Waals surface area contributed by atoms with Crippen LogP contribution in [0.5, 0.6) is 0 Å². The fourth-order valence-electron chi connectivity index (χ4n) is 0.957. The van der Waals surface area contributed by atoms with Crippen molar-refractivity contribution in [1.82, 2.24) is 0 Å². The Balaban J connectivity index is 4.00. The smallest absolute Gasteiger partial charge is 0.301 e. The van der Waals surface area contributed by atoms with Crippen molar-refractivity contribution in [2.75, 3.05) is 24.7 Å². The van der Waals surface area contributed by atoms with Gasteiger partial charge < -0.3 is 9.05 Å². The Labute approximate surface area is 101 Å². The van der Waals surface area contributed by atoms with Gasteiger partial charge in [0.15, 0.2) is 0 Å². The van der Waals surface area contributed by atoms with Crippen LogP contribution in [0.2, 0.25) is 0 Å². The Kier molecular flexibility index (Phi) is 9.45. The summed E-state index contributed by atoms with van der Waals surface area (Å²) in [5.74, 6) is 1.88. The zero-order valence-electron chi connectivity index (χ0n) is 9.89. The van der Waals surface area contributed by atoms with Crippen molar-refractivity contribution in [2.45, 2.75) is 32.9 Å². The maximum absolute atomic E-state index is 12.0. The van der Waals surface area contributed by atoms with Crippen molar-refractivity contribution >= 4 is 29.9 Å². The maximum atomic E-state index is 12.0. The van der Waals surface area contributed by atoms with Crippen LogP contribution >= 0.6 is 29.9 Å². The average molecular weight is 272 g/mol. The predicted molar refractivity (Wildman–Crippen MR) is 70.9 cm³/mol. The molecule has 1 atom stereocenters. The SMILES string of the molecule is CCOP(=O)(OCC)SCC(C)SCC. The van der Waals surface area contributed by atoms with Crippen LogP contribution in [0.1, 0.15) is 27.7 Å². The van der Waals surface area contributed by atoms with Crippen molar-refractivity contribution in [2.24, 2.45) is 0 Å². The summed E-state index contributed by atoms with van der Waals surface area (Å²) in [6, 6.07) is 0. The molecular weight excluding hydrogens is 251 g/mol. The summed E-state index contributed by atoms with van der Waals surface area (Å²) in [5.41, 5.74) is 0. The molecule has 0 saturated heterocycles. The van der Waals surface area contributed by atoms with E-state index >= 15 is 0 Å². The minimum absolute atomic E-state index is 0.430. The summed E-state index contributed by atoms with van der Waals surface area (Å²) in [7, 11) is 0. The first-order valence-corrected chi connectivity index (χ1v) is 9.41. The fourth-order valence-corrected chi connectivity index (χ4v) is 5.96. The topological polar surface area (TPSA) is 35.5 Å². The molecule has 0 N–H and O–H groups in total. The second-order valence-electron chi connectivity index (χ2n) is 2.84. The molecule has 0 aliphatic rings. The minimum atomic E-state index is -2.89. The van der Waals surface area contributed by atoms with Gasteiger partial charge in [-0.25, -0.2) is 4.57 Å². The van der Waals surface area contributed by atoms with Crippen LogP contribution in [0.25, 0.3) is 0 Å². The van der Waals surface area contributed by atoms with Crippen molar-refractivity contribution < 1.29 is 13.6 Å². The molecule has 3 nitrogen and oxygen atoms in total. The predicted octanol–water partition coefficient (Wildman–Crippen LogP) is 4.04. The second kappa shape index (κ2) is 8.94. The summed E-state index contributed by atoms with van der Waals surface area (Å²) < 4.78 is 22.4. The van der Waals surface area contributed by atoms with Crippen LogP contribution < -0.4 is 0 Å². The van der Waals surface area contributed by atoms with Gasteiger partial charge in [-0.2, -0.15) is 11.8 Å². The van der Waals surface area contributed by atoms with Crippen molar-refractivity contribution in [3.8, 4) is 0 Å². The Hall–Kier alpha value is 0.850. The van der Waals surface area contributed by atoms with Gasteiger partial charge in [0.1, 0.15) is 0 Å². The molecule has 1 unspecified atom stereocenters. The van der Waals surface area contributed by atoms with Gasteiger partial charge in [-0.05, 0) is 31.0 Å². The van der Waals surface area contributed by atoms with Crippen LogP contribution in [0.4, 0.5) is 0 Å². The van der Waals surface area contributed by atoms with Gasteiger partial charge >= 0.3 is 6.80 Å². The summed E-state index contributed by atoms with van der Waals surface area (Å²) >= 11 is 3.17. The van der Waals surface area contributed by atoms with E-state index in [0.717, 1.165) is 11.5 Å². The monoisotopic (exact) mass is 272 g/mol. The minimum Gasteiger partial charge on any atom is -0.301 e. The van der Waals surface area contributed by atoms with Gasteiger partial charge in [-0.3, -0.25) is 0 Å². The van der Waals surface area contributed by atoms with Gasteiger partial charge in [0.2, 0.25) is 0 Å². The van der Waals surface area contributed by atoms with Crippen LogP contribution in [-0.4, -0.2) is 30.0 Å². The standard InChI is InChI=1S/C9H21O3PS2/c1-5-11-13(10,12-6-2)15-8-9(4)14-7-3/h9H,5-8H2,1-4H3. The first kappa shape index (κ1) is 15.9. The highest BCUT2D eigenvalue weighted by Gasteiger charge is 2.25. The number of thioether (sulfide) groups is 1. The highest BCUT2D eigenvalue weighted by Crippen LogP contribution is 2.60. The van der Waals surface area contributed by atoms with E-state index < -0.39 is 6.80 Å². The lowest BCUT2D eigenvalue weighted by Crippen LogP contribution is -2.02. The summed E-state index contributed by atoms with van der Waals surface area (Å²) in [6.45, 7) is 5.88. The van der Waals surface area contributed by atoms with Crippen LogP contribution in [0.3, 0.4) is 0 Å². The van der Waals surface area contributed by atoms with Gasteiger partial charge in [-0.15, -0.1) is 0 Å². The van der Waals surface area contributed by atoms with Crippen LogP contribution in [0, 0.1) is 0 Å². The number of hydrogen-bond donors (Lipinski definition) is 0. The van der Waals surface area contributed by atoms with E-state index in [4.69, 9.17) is 9.05 Å². The highest BCUT2D eigenvalue weighted by atomic mass is 32.7. The molecule has 0 heterocycles. The molecule has 0 aromatic heterocycles. The molecule has 0 aromatic carbocycles. The second-order valence-corrected chi connectivity index (χ2v) is 8.68. The van der Waals surface area contributed by atoms with E-state index in [1.165, 1.54) is 11.4 Å². The van der Waals surface area contributed by atoms with Crippen molar-refractivity contribution in [1.29, 1.82) is 0 Å². The Morgan fingerprint density at radius 3 is 2.13 bits per heavy atom. The molecule has 0 saturated carbocycles. The first-order chi connectivity index (χ1) is 7.08. The maximum Gasteiger partial charge on any atom is 0.389 e. The molecule has 0 radical (unpaired) electrons. The fraction of sp³-hybridized carbons (Fsp3) is 1.00. The molecule has 0 amide bonds. The lowest BCUT2D eigenvalue weighted by atomic mass is 10.6. The molecule has 6 heteroatoms. The van der Waals surface area contributed by atoms with E-state index in [2.05, 4.69) is 13.8 Å².